The van der Waals surface area contributed by atoms with Gasteiger partial charge in [-0.2, -0.15) is 0 Å². The first-order chi connectivity index (χ1) is 4.33. The number of methoxy groups -OCH3 is 1. The number of ether oxygens (including phenoxy) is 2. The van der Waals surface area contributed by atoms with Gasteiger partial charge in [0.2, 0.25) is 0 Å². The third kappa shape index (κ3) is 1.80. The summed E-state index contributed by atoms with van der Waals surface area (Å²) >= 11 is 0. The van der Waals surface area contributed by atoms with Gasteiger partial charge in [-0.3, -0.25) is 0 Å². The largest absolute Gasteiger partial charge is 0.352 e. The summed E-state index contributed by atoms with van der Waals surface area (Å²) in [7, 11) is 1.65. The molecule has 1 aliphatic heterocycles. The quantitative estimate of drug-likeness (QED) is 0.496. The predicted molar refractivity (Wildman–Crippen MR) is 35.1 cm³/mol. The van der Waals surface area contributed by atoms with Crippen molar-refractivity contribution in [2.45, 2.75) is 25.7 Å². The molecule has 1 unspecified atom stereocenters. The van der Waals surface area contributed by atoms with E-state index in [9.17, 15) is 0 Å². The van der Waals surface area contributed by atoms with Crippen molar-refractivity contribution in [3.8, 4) is 0 Å². The van der Waals surface area contributed by atoms with E-state index < -0.39 is 0 Å². The number of rotatable bonds is 1. The van der Waals surface area contributed by atoms with E-state index in [0.717, 1.165) is 6.42 Å². The molecular weight excluding hydrogens is 116 g/mol. The van der Waals surface area contributed by atoms with Gasteiger partial charge in [0, 0.05) is 7.11 Å². The molecule has 0 radical (unpaired) electrons. The first-order valence-corrected chi connectivity index (χ1v) is 3.18. The average Bonchev–Trinajstić information content (AvgIpc) is 1.88. The summed E-state index contributed by atoms with van der Waals surface area (Å²) in [4.78, 5) is 0. The van der Waals surface area contributed by atoms with Gasteiger partial charge in [0.25, 0.3) is 0 Å². The fraction of sp³-hybridized carbons (Fsp3) is 0.714. The second-order valence-electron chi connectivity index (χ2n) is 2.21. The maximum atomic E-state index is 5.33. The Labute approximate surface area is 55.5 Å². The molecule has 0 N–H and O–H groups in total. The van der Waals surface area contributed by atoms with Crippen LogP contribution in [-0.2, 0) is 9.47 Å². The van der Waals surface area contributed by atoms with Crippen molar-refractivity contribution in [3.63, 3.8) is 0 Å². The molecule has 0 bridgehead atoms. The van der Waals surface area contributed by atoms with Gasteiger partial charge in [0.05, 0.1) is 6.10 Å². The Morgan fingerprint density at radius 1 is 1.67 bits per heavy atom. The molecule has 0 saturated carbocycles. The molecule has 0 aromatic carbocycles. The molecule has 0 saturated heterocycles. The summed E-state index contributed by atoms with van der Waals surface area (Å²) in [5, 5.41) is 0. The lowest BCUT2D eigenvalue weighted by Gasteiger charge is -2.21. The molecule has 1 rings (SSSR count). The van der Waals surface area contributed by atoms with Crippen molar-refractivity contribution in [1.82, 2.24) is 0 Å². The van der Waals surface area contributed by atoms with Gasteiger partial charge < -0.3 is 9.47 Å². The van der Waals surface area contributed by atoms with Crippen LogP contribution in [0.15, 0.2) is 12.2 Å². The molecule has 0 amide bonds. The standard InChI is InChI=1S/C7H12O2/c1-6-4-3-5-7(8-2)9-6/h3,5-7H,4H2,1-2H3/t6-,7?/m0/s1. The summed E-state index contributed by atoms with van der Waals surface area (Å²) in [6, 6.07) is 0. The van der Waals surface area contributed by atoms with E-state index in [1.807, 2.05) is 13.0 Å². The first kappa shape index (κ1) is 6.78. The zero-order valence-electron chi connectivity index (χ0n) is 5.83. The highest BCUT2D eigenvalue weighted by atomic mass is 16.7. The van der Waals surface area contributed by atoms with Gasteiger partial charge >= 0.3 is 0 Å². The van der Waals surface area contributed by atoms with E-state index in [-0.39, 0.29) is 6.29 Å². The van der Waals surface area contributed by atoms with Crippen LogP contribution in [0.3, 0.4) is 0 Å². The maximum absolute atomic E-state index is 5.33. The van der Waals surface area contributed by atoms with Crippen molar-refractivity contribution in [2.24, 2.45) is 0 Å². The highest BCUT2D eigenvalue weighted by Gasteiger charge is 2.11. The fourth-order valence-corrected chi connectivity index (χ4v) is 0.845. The number of hydrogen-bond donors (Lipinski definition) is 0. The Balaban J connectivity index is 2.39. The zero-order chi connectivity index (χ0) is 6.69. The van der Waals surface area contributed by atoms with E-state index in [1.54, 1.807) is 7.11 Å². The molecule has 2 nitrogen and oxygen atoms in total. The number of hydrogen-bond acceptors (Lipinski definition) is 2. The highest BCUT2D eigenvalue weighted by Crippen LogP contribution is 2.10. The molecule has 2 heteroatoms. The smallest absolute Gasteiger partial charge is 0.176 e. The van der Waals surface area contributed by atoms with E-state index in [1.165, 1.54) is 0 Å². The lowest BCUT2D eigenvalue weighted by atomic mass is 10.2. The third-order valence-electron chi connectivity index (χ3n) is 1.36. The SMILES string of the molecule is COC1C=CC[C@H](C)O1. The van der Waals surface area contributed by atoms with Crippen LogP contribution >= 0.6 is 0 Å². The van der Waals surface area contributed by atoms with Gasteiger partial charge in [0.1, 0.15) is 0 Å². The second-order valence-corrected chi connectivity index (χ2v) is 2.21. The van der Waals surface area contributed by atoms with Crippen LogP contribution in [0.4, 0.5) is 0 Å². The van der Waals surface area contributed by atoms with Gasteiger partial charge in [-0.05, 0) is 19.4 Å². The third-order valence-corrected chi connectivity index (χ3v) is 1.36. The van der Waals surface area contributed by atoms with Crippen LogP contribution < -0.4 is 0 Å². The van der Waals surface area contributed by atoms with Crippen molar-refractivity contribution in [1.29, 1.82) is 0 Å². The zero-order valence-corrected chi connectivity index (χ0v) is 5.83. The summed E-state index contributed by atoms with van der Waals surface area (Å²) in [5.41, 5.74) is 0. The molecule has 0 aliphatic carbocycles. The fourth-order valence-electron chi connectivity index (χ4n) is 0.845. The Kier molecular flexibility index (Phi) is 2.25. The minimum atomic E-state index is -0.117. The monoisotopic (exact) mass is 128 g/mol. The predicted octanol–water partition coefficient (Wildman–Crippen LogP) is 1.32. The maximum Gasteiger partial charge on any atom is 0.176 e. The van der Waals surface area contributed by atoms with Crippen LogP contribution in [0.5, 0.6) is 0 Å². The molecule has 52 valence electrons. The van der Waals surface area contributed by atoms with Gasteiger partial charge in [-0.1, -0.05) is 6.08 Å². The Hall–Kier alpha value is -0.340. The van der Waals surface area contributed by atoms with Crippen molar-refractivity contribution in [2.75, 3.05) is 7.11 Å². The second kappa shape index (κ2) is 2.99. The molecule has 0 aromatic rings. The van der Waals surface area contributed by atoms with E-state index >= 15 is 0 Å². The molecule has 0 fully saturated rings. The van der Waals surface area contributed by atoms with E-state index in [4.69, 9.17) is 9.47 Å². The minimum absolute atomic E-state index is 0.117. The Bertz CT molecular complexity index is 109. The first-order valence-electron chi connectivity index (χ1n) is 3.18. The molecule has 0 aromatic heterocycles. The van der Waals surface area contributed by atoms with Crippen molar-refractivity contribution in [3.05, 3.63) is 12.2 Å². The summed E-state index contributed by atoms with van der Waals surface area (Å²) < 4.78 is 10.3. The minimum Gasteiger partial charge on any atom is -0.352 e. The molecule has 1 heterocycles. The van der Waals surface area contributed by atoms with Crippen LogP contribution in [0, 0.1) is 0 Å². The van der Waals surface area contributed by atoms with Gasteiger partial charge in [-0.15, -0.1) is 0 Å². The van der Waals surface area contributed by atoms with Crippen molar-refractivity contribution >= 4 is 0 Å². The van der Waals surface area contributed by atoms with E-state index in [0.29, 0.717) is 6.10 Å². The lowest BCUT2D eigenvalue weighted by Crippen LogP contribution is -2.22. The molecular formula is C7H12O2. The van der Waals surface area contributed by atoms with Crippen LogP contribution in [0.25, 0.3) is 0 Å². The van der Waals surface area contributed by atoms with E-state index in [2.05, 4.69) is 6.08 Å². The summed E-state index contributed by atoms with van der Waals surface area (Å²) in [6.45, 7) is 2.04. The summed E-state index contributed by atoms with van der Waals surface area (Å²) in [5.74, 6) is 0. The van der Waals surface area contributed by atoms with Crippen LogP contribution in [0.2, 0.25) is 0 Å². The van der Waals surface area contributed by atoms with Gasteiger partial charge in [-0.25, -0.2) is 0 Å². The van der Waals surface area contributed by atoms with Crippen LogP contribution in [0.1, 0.15) is 13.3 Å². The van der Waals surface area contributed by atoms with Crippen LogP contribution in [-0.4, -0.2) is 19.5 Å². The Morgan fingerprint density at radius 2 is 2.44 bits per heavy atom. The molecule has 0 spiro atoms. The van der Waals surface area contributed by atoms with Crippen molar-refractivity contribution < 1.29 is 9.47 Å². The molecule has 2 atom stereocenters. The molecule has 9 heavy (non-hydrogen) atoms. The van der Waals surface area contributed by atoms with Gasteiger partial charge in [0.15, 0.2) is 6.29 Å². The lowest BCUT2D eigenvalue weighted by molar-refractivity contribution is -0.125. The molecule has 1 aliphatic rings. The highest BCUT2D eigenvalue weighted by molar-refractivity contribution is 4.91. The average molecular weight is 128 g/mol. The Morgan fingerprint density at radius 3 is 2.89 bits per heavy atom. The summed E-state index contributed by atoms with van der Waals surface area (Å²) in [6.07, 6.45) is 5.20. The normalized spacial score (nSPS) is 34.9. The topological polar surface area (TPSA) is 18.5 Å².